The van der Waals surface area contributed by atoms with Gasteiger partial charge in [-0.15, -0.1) is 0 Å². The molecular weight excluding hydrogens is 366 g/mol. The largest absolute Gasteiger partial charge is 0.384 e. The smallest absolute Gasteiger partial charge is 0.268 e. The number of carbonyl (C=O) groups is 2. The van der Waals surface area contributed by atoms with Gasteiger partial charge in [0.05, 0.1) is 0 Å². The average Bonchev–Trinajstić information content (AvgIpc) is 3.13. The van der Waals surface area contributed by atoms with E-state index in [-0.39, 0.29) is 11.8 Å². The van der Waals surface area contributed by atoms with E-state index in [0.717, 1.165) is 22.3 Å². The first-order valence-corrected chi connectivity index (χ1v) is 9.41. The minimum Gasteiger partial charge on any atom is -0.384 e. The molecule has 0 aliphatic rings. The van der Waals surface area contributed by atoms with Crippen molar-refractivity contribution in [1.82, 2.24) is 20.6 Å². The Morgan fingerprint density at radius 2 is 1.97 bits per heavy atom. The van der Waals surface area contributed by atoms with Crippen LogP contribution in [0.3, 0.4) is 0 Å². The van der Waals surface area contributed by atoms with E-state index in [1.165, 1.54) is 0 Å². The summed E-state index contributed by atoms with van der Waals surface area (Å²) in [6.07, 6.45) is 3.71. The van der Waals surface area contributed by atoms with Gasteiger partial charge in [-0.1, -0.05) is 35.9 Å². The van der Waals surface area contributed by atoms with Crippen LogP contribution in [0.15, 0.2) is 54.9 Å². The molecule has 2 heterocycles. The SMILES string of the molecule is Cc1cccc(C[C@H](NC(=O)c2[nH]ccc2C)C(=O)NCc2ccc(N)nc2)c1. The Balaban J connectivity index is 1.73. The summed E-state index contributed by atoms with van der Waals surface area (Å²) in [5.74, 6) is -0.152. The molecule has 1 aromatic carbocycles. The van der Waals surface area contributed by atoms with Gasteiger partial charge in [0.15, 0.2) is 0 Å². The molecule has 5 N–H and O–H groups in total. The van der Waals surface area contributed by atoms with Crippen LogP contribution in [0.5, 0.6) is 0 Å². The number of hydrogen-bond donors (Lipinski definition) is 4. The normalized spacial score (nSPS) is 11.7. The van der Waals surface area contributed by atoms with Crippen LogP contribution in [0.1, 0.15) is 32.7 Å². The maximum atomic E-state index is 12.9. The van der Waals surface area contributed by atoms with Crippen molar-refractivity contribution in [3.05, 3.63) is 82.8 Å². The molecule has 7 nitrogen and oxygen atoms in total. The lowest BCUT2D eigenvalue weighted by atomic mass is 10.0. The van der Waals surface area contributed by atoms with Gasteiger partial charge in [0.1, 0.15) is 17.6 Å². The van der Waals surface area contributed by atoms with Crippen molar-refractivity contribution in [2.75, 3.05) is 5.73 Å². The topological polar surface area (TPSA) is 113 Å². The number of anilines is 1. The van der Waals surface area contributed by atoms with Crippen LogP contribution in [0.4, 0.5) is 5.82 Å². The molecule has 29 heavy (non-hydrogen) atoms. The fraction of sp³-hybridized carbons (Fsp3) is 0.227. The summed E-state index contributed by atoms with van der Waals surface area (Å²) in [6, 6.07) is 12.5. The van der Waals surface area contributed by atoms with Crippen LogP contribution >= 0.6 is 0 Å². The zero-order valence-electron chi connectivity index (χ0n) is 16.5. The molecule has 0 spiro atoms. The molecule has 7 heteroatoms. The van der Waals surface area contributed by atoms with Gasteiger partial charge in [-0.05, 0) is 42.7 Å². The number of amides is 2. The van der Waals surface area contributed by atoms with Gasteiger partial charge in [-0.25, -0.2) is 4.98 Å². The number of nitrogens with one attached hydrogen (secondary N) is 3. The molecule has 1 atom stereocenters. The van der Waals surface area contributed by atoms with E-state index in [9.17, 15) is 9.59 Å². The number of carbonyl (C=O) groups excluding carboxylic acids is 2. The third-order valence-electron chi connectivity index (χ3n) is 4.64. The first kappa shape index (κ1) is 20.1. The standard InChI is InChI=1S/C22H25N5O2/c1-14-4-3-5-16(10-14)11-18(27-22(29)20-15(2)8-9-24-20)21(28)26-13-17-6-7-19(23)25-12-17/h3-10,12,18,24H,11,13H2,1-2H3,(H2,23,25)(H,26,28)(H,27,29)/t18-/m0/s1. The van der Waals surface area contributed by atoms with Crippen LogP contribution < -0.4 is 16.4 Å². The van der Waals surface area contributed by atoms with Gasteiger partial charge in [-0.3, -0.25) is 9.59 Å². The molecule has 0 aliphatic heterocycles. The van der Waals surface area contributed by atoms with Crippen molar-refractivity contribution in [2.45, 2.75) is 32.9 Å². The Morgan fingerprint density at radius 1 is 1.14 bits per heavy atom. The zero-order chi connectivity index (χ0) is 20.8. The van der Waals surface area contributed by atoms with Gasteiger partial charge in [-0.2, -0.15) is 0 Å². The summed E-state index contributed by atoms with van der Waals surface area (Å²) in [7, 11) is 0. The molecule has 0 aliphatic carbocycles. The number of aromatic nitrogens is 2. The van der Waals surface area contributed by atoms with E-state index in [0.29, 0.717) is 24.5 Å². The fourth-order valence-corrected chi connectivity index (χ4v) is 3.06. The highest BCUT2D eigenvalue weighted by Gasteiger charge is 2.23. The number of rotatable bonds is 7. The lowest BCUT2D eigenvalue weighted by Gasteiger charge is -2.19. The molecule has 2 amide bonds. The van der Waals surface area contributed by atoms with Crippen LogP contribution in [0, 0.1) is 13.8 Å². The van der Waals surface area contributed by atoms with Crippen molar-refractivity contribution < 1.29 is 9.59 Å². The molecular formula is C22H25N5O2. The van der Waals surface area contributed by atoms with Crippen LogP contribution in [-0.2, 0) is 17.8 Å². The Hall–Kier alpha value is -3.61. The maximum Gasteiger partial charge on any atom is 0.268 e. The van der Waals surface area contributed by atoms with Crippen LogP contribution in [0.25, 0.3) is 0 Å². The number of pyridine rings is 1. The number of nitrogens with two attached hydrogens (primary N) is 1. The van der Waals surface area contributed by atoms with Crippen molar-refractivity contribution in [3.63, 3.8) is 0 Å². The first-order chi connectivity index (χ1) is 13.9. The molecule has 0 fully saturated rings. The molecule has 0 radical (unpaired) electrons. The Morgan fingerprint density at radius 3 is 2.62 bits per heavy atom. The number of nitrogen functional groups attached to an aromatic ring is 1. The highest BCUT2D eigenvalue weighted by molar-refractivity contribution is 5.97. The molecule has 0 saturated heterocycles. The lowest BCUT2D eigenvalue weighted by molar-refractivity contribution is -0.123. The van der Waals surface area contributed by atoms with Crippen molar-refractivity contribution in [3.8, 4) is 0 Å². The Bertz CT molecular complexity index is 994. The molecule has 2 aromatic heterocycles. The number of benzene rings is 1. The van der Waals surface area contributed by atoms with Gasteiger partial charge >= 0.3 is 0 Å². The van der Waals surface area contributed by atoms with Crippen LogP contribution in [0.2, 0.25) is 0 Å². The maximum absolute atomic E-state index is 12.9. The molecule has 0 saturated carbocycles. The van der Waals surface area contributed by atoms with Gasteiger partial charge < -0.3 is 21.4 Å². The first-order valence-electron chi connectivity index (χ1n) is 9.41. The van der Waals surface area contributed by atoms with Gasteiger partial charge in [0.25, 0.3) is 5.91 Å². The minimum absolute atomic E-state index is 0.263. The van der Waals surface area contributed by atoms with E-state index in [4.69, 9.17) is 5.73 Å². The highest BCUT2D eigenvalue weighted by Crippen LogP contribution is 2.10. The van der Waals surface area contributed by atoms with E-state index < -0.39 is 6.04 Å². The third kappa shape index (κ3) is 5.44. The van der Waals surface area contributed by atoms with E-state index in [2.05, 4.69) is 20.6 Å². The second kappa shape index (κ2) is 9.05. The van der Waals surface area contributed by atoms with Crippen molar-refractivity contribution in [2.24, 2.45) is 0 Å². The average molecular weight is 391 g/mol. The van der Waals surface area contributed by atoms with Gasteiger partial charge in [0.2, 0.25) is 5.91 Å². The number of aromatic amines is 1. The predicted molar refractivity (Wildman–Crippen MR) is 112 cm³/mol. The third-order valence-corrected chi connectivity index (χ3v) is 4.64. The van der Waals surface area contributed by atoms with E-state index in [1.54, 1.807) is 24.5 Å². The summed E-state index contributed by atoms with van der Waals surface area (Å²) in [4.78, 5) is 32.5. The molecule has 0 bridgehead atoms. The monoisotopic (exact) mass is 391 g/mol. The molecule has 0 unspecified atom stereocenters. The zero-order valence-corrected chi connectivity index (χ0v) is 16.5. The summed E-state index contributed by atoms with van der Waals surface area (Å²) in [6.45, 7) is 4.14. The summed E-state index contributed by atoms with van der Waals surface area (Å²) < 4.78 is 0. The Labute approximate surface area is 169 Å². The second-order valence-electron chi connectivity index (χ2n) is 7.06. The number of hydrogen-bond acceptors (Lipinski definition) is 4. The summed E-state index contributed by atoms with van der Waals surface area (Å²) >= 11 is 0. The van der Waals surface area contributed by atoms with Gasteiger partial charge in [0, 0.05) is 25.4 Å². The number of aryl methyl sites for hydroxylation is 2. The molecule has 3 aromatic rings. The summed E-state index contributed by atoms with van der Waals surface area (Å²) in [5.41, 5.74) is 9.77. The van der Waals surface area contributed by atoms with Crippen LogP contribution in [-0.4, -0.2) is 27.8 Å². The quantitative estimate of drug-likeness (QED) is 0.495. The van der Waals surface area contributed by atoms with Crippen molar-refractivity contribution in [1.29, 1.82) is 0 Å². The summed E-state index contributed by atoms with van der Waals surface area (Å²) in [5, 5.41) is 5.73. The van der Waals surface area contributed by atoms with E-state index in [1.807, 2.05) is 44.2 Å². The molecule has 3 rings (SSSR count). The Kier molecular flexibility index (Phi) is 6.29. The second-order valence-corrected chi connectivity index (χ2v) is 7.06. The number of H-pyrrole nitrogens is 1. The fourth-order valence-electron chi connectivity index (χ4n) is 3.06. The lowest BCUT2D eigenvalue weighted by Crippen LogP contribution is -2.48. The number of nitrogens with zero attached hydrogens (tertiary/aromatic N) is 1. The van der Waals surface area contributed by atoms with E-state index >= 15 is 0 Å². The minimum atomic E-state index is -0.714. The predicted octanol–water partition coefficient (Wildman–Crippen LogP) is 2.27. The molecule has 150 valence electrons. The highest BCUT2D eigenvalue weighted by atomic mass is 16.2. The van der Waals surface area contributed by atoms with Crippen molar-refractivity contribution >= 4 is 17.6 Å².